The first kappa shape index (κ1) is 23.9. The van der Waals surface area contributed by atoms with Crippen LogP contribution >= 0.6 is 11.8 Å². The third-order valence-electron chi connectivity index (χ3n) is 6.42. The van der Waals surface area contributed by atoms with E-state index in [9.17, 15) is 20.1 Å². The summed E-state index contributed by atoms with van der Waals surface area (Å²) in [5.41, 5.74) is 2.83. The average Bonchev–Trinajstić information content (AvgIpc) is 3.39. The van der Waals surface area contributed by atoms with Gasteiger partial charge in [-0.05, 0) is 30.5 Å². The first-order valence-electron chi connectivity index (χ1n) is 11.8. The molecule has 0 spiro atoms. The number of aromatic nitrogens is 5. The highest BCUT2D eigenvalue weighted by atomic mass is 32.2. The summed E-state index contributed by atoms with van der Waals surface area (Å²) in [4.78, 5) is 20.7. The second-order valence-electron chi connectivity index (χ2n) is 9.16. The van der Waals surface area contributed by atoms with Crippen LogP contribution in [0.5, 0.6) is 0 Å². The molecule has 0 saturated heterocycles. The number of benzene rings is 1. The molecule has 0 aliphatic heterocycles. The van der Waals surface area contributed by atoms with E-state index in [-0.39, 0.29) is 24.3 Å². The molecule has 2 heterocycles. The van der Waals surface area contributed by atoms with Gasteiger partial charge in [-0.25, -0.2) is 14.6 Å². The van der Waals surface area contributed by atoms with E-state index in [0.29, 0.717) is 22.1 Å². The van der Waals surface area contributed by atoms with Gasteiger partial charge < -0.3 is 26.0 Å². The number of amides is 1. The Morgan fingerprint density at radius 2 is 2.03 bits per heavy atom. The molecule has 2 fully saturated rings. The molecule has 11 nitrogen and oxygen atoms in total. The molecule has 1 aromatic carbocycles. The fraction of sp³-hybridized carbons (Fsp3) is 0.522. The minimum absolute atomic E-state index is 0.108. The number of aliphatic hydroxyl groups excluding tert-OH is 3. The quantitative estimate of drug-likeness (QED) is 0.228. The van der Waals surface area contributed by atoms with Crippen LogP contribution in [0.4, 0.5) is 11.5 Å². The lowest BCUT2D eigenvalue weighted by Crippen LogP contribution is -2.31. The summed E-state index contributed by atoms with van der Waals surface area (Å²) >= 11 is 1.53. The number of hydrogen-bond acceptors (Lipinski definition) is 10. The van der Waals surface area contributed by atoms with Gasteiger partial charge in [-0.3, -0.25) is 4.79 Å². The van der Waals surface area contributed by atoms with Crippen LogP contribution in [0.1, 0.15) is 50.6 Å². The molecule has 0 radical (unpaired) electrons. The number of nitrogens with one attached hydrogen (secondary N) is 2. The number of anilines is 2. The van der Waals surface area contributed by atoms with E-state index in [1.165, 1.54) is 23.4 Å². The number of fused-ring (bicyclic) bond motifs is 1. The Balaban J connectivity index is 1.42. The van der Waals surface area contributed by atoms with Crippen LogP contribution in [0.25, 0.3) is 11.2 Å². The van der Waals surface area contributed by atoms with Gasteiger partial charge in [-0.1, -0.05) is 36.0 Å². The van der Waals surface area contributed by atoms with Crippen LogP contribution in [0.3, 0.4) is 0 Å². The van der Waals surface area contributed by atoms with Gasteiger partial charge in [0, 0.05) is 36.7 Å². The lowest BCUT2D eigenvalue weighted by atomic mass is 10.1. The smallest absolute Gasteiger partial charge is 0.221 e. The van der Waals surface area contributed by atoms with E-state index in [1.54, 1.807) is 0 Å². The Morgan fingerprint density at radius 1 is 1.20 bits per heavy atom. The van der Waals surface area contributed by atoms with E-state index in [0.717, 1.165) is 29.8 Å². The molecule has 2 aliphatic carbocycles. The van der Waals surface area contributed by atoms with Gasteiger partial charge in [0.25, 0.3) is 0 Å². The molecular weight excluding hydrogens is 470 g/mol. The molecule has 2 aromatic heterocycles. The molecule has 186 valence electrons. The van der Waals surface area contributed by atoms with Crippen LogP contribution in [-0.2, 0) is 4.79 Å². The Kier molecular flexibility index (Phi) is 6.62. The normalized spacial score (nSPS) is 27.8. The van der Waals surface area contributed by atoms with Crippen LogP contribution in [0.2, 0.25) is 0 Å². The maximum Gasteiger partial charge on any atom is 0.221 e. The number of carbonyl (C=O) groups is 1. The first-order chi connectivity index (χ1) is 16.9. The lowest BCUT2D eigenvalue weighted by Gasteiger charge is -2.16. The lowest BCUT2D eigenvalue weighted by molar-refractivity contribution is -0.114. The van der Waals surface area contributed by atoms with Crippen molar-refractivity contribution in [1.29, 1.82) is 0 Å². The van der Waals surface area contributed by atoms with Crippen molar-refractivity contribution in [2.24, 2.45) is 0 Å². The molecular formula is C23H29N7O4S. The van der Waals surface area contributed by atoms with E-state index < -0.39 is 24.4 Å². The maximum absolute atomic E-state index is 11.4. The van der Waals surface area contributed by atoms with Crippen molar-refractivity contribution < 1.29 is 20.1 Å². The fourth-order valence-electron chi connectivity index (χ4n) is 4.57. The molecule has 3 aromatic rings. The third-order valence-corrected chi connectivity index (χ3v) is 7.47. The Morgan fingerprint density at radius 3 is 2.74 bits per heavy atom. The largest absolute Gasteiger partial charge is 0.390 e. The number of aliphatic hydroxyl groups is 3. The second-order valence-corrected chi connectivity index (χ2v) is 10.2. The molecule has 12 heteroatoms. The number of thioether (sulfide) groups is 1. The van der Waals surface area contributed by atoms with Crippen molar-refractivity contribution >= 4 is 40.3 Å². The van der Waals surface area contributed by atoms with Crippen LogP contribution in [-0.4, -0.2) is 76.3 Å². The summed E-state index contributed by atoms with van der Waals surface area (Å²) in [6.45, 7) is 3.57. The number of rotatable bonds is 8. The molecule has 2 aliphatic rings. The summed E-state index contributed by atoms with van der Waals surface area (Å²) < 4.78 is 1.49. The van der Waals surface area contributed by atoms with E-state index in [1.807, 2.05) is 24.3 Å². The molecule has 6 unspecified atom stereocenters. The van der Waals surface area contributed by atoms with Crippen molar-refractivity contribution in [3.05, 3.63) is 29.8 Å². The molecule has 5 rings (SSSR count). The van der Waals surface area contributed by atoms with Gasteiger partial charge >= 0.3 is 0 Å². The van der Waals surface area contributed by atoms with E-state index in [2.05, 4.69) is 32.9 Å². The van der Waals surface area contributed by atoms with Crippen molar-refractivity contribution in [2.75, 3.05) is 16.4 Å². The summed E-state index contributed by atoms with van der Waals surface area (Å²) in [5.74, 6) is 1.57. The highest BCUT2D eigenvalue weighted by molar-refractivity contribution is 7.99. The monoisotopic (exact) mass is 499 g/mol. The predicted octanol–water partition coefficient (Wildman–Crippen LogP) is 1.68. The van der Waals surface area contributed by atoms with E-state index in [4.69, 9.17) is 4.98 Å². The highest BCUT2D eigenvalue weighted by Crippen LogP contribution is 2.44. The summed E-state index contributed by atoms with van der Waals surface area (Å²) in [7, 11) is 0. The fourth-order valence-corrected chi connectivity index (χ4v) is 5.26. The van der Waals surface area contributed by atoms with Crippen LogP contribution in [0, 0.1) is 0 Å². The van der Waals surface area contributed by atoms with Crippen LogP contribution in [0.15, 0.2) is 29.4 Å². The maximum atomic E-state index is 11.4. The zero-order chi connectivity index (χ0) is 24.7. The Hall–Kier alpha value is -2.80. The molecule has 6 atom stereocenters. The first-order valence-corrected chi connectivity index (χ1v) is 12.8. The third kappa shape index (κ3) is 4.83. The minimum atomic E-state index is -1.24. The van der Waals surface area contributed by atoms with Crippen molar-refractivity contribution in [3.63, 3.8) is 0 Å². The minimum Gasteiger partial charge on any atom is -0.390 e. The molecule has 2 saturated carbocycles. The van der Waals surface area contributed by atoms with Gasteiger partial charge in [-0.2, -0.15) is 0 Å². The Labute approximate surface area is 206 Å². The van der Waals surface area contributed by atoms with Gasteiger partial charge in [0.15, 0.2) is 22.1 Å². The molecule has 35 heavy (non-hydrogen) atoms. The van der Waals surface area contributed by atoms with Crippen molar-refractivity contribution in [3.8, 4) is 0 Å². The van der Waals surface area contributed by atoms with Crippen molar-refractivity contribution in [2.45, 2.75) is 74.6 Å². The van der Waals surface area contributed by atoms with Crippen LogP contribution < -0.4 is 10.6 Å². The molecule has 0 bridgehead atoms. The topological polar surface area (TPSA) is 158 Å². The number of hydrogen-bond donors (Lipinski definition) is 5. The highest BCUT2D eigenvalue weighted by Gasteiger charge is 2.44. The number of nitrogens with zero attached hydrogens (tertiary/aromatic N) is 5. The number of carbonyl (C=O) groups excluding carboxylic acids is 1. The van der Waals surface area contributed by atoms with Gasteiger partial charge in [0.1, 0.15) is 12.2 Å². The zero-order valence-electron chi connectivity index (χ0n) is 19.5. The predicted molar refractivity (Wildman–Crippen MR) is 131 cm³/mol. The van der Waals surface area contributed by atoms with E-state index >= 15 is 0 Å². The molecule has 5 N–H and O–H groups in total. The van der Waals surface area contributed by atoms with Crippen molar-refractivity contribution in [1.82, 2.24) is 25.0 Å². The summed E-state index contributed by atoms with van der Waals surface area (Å²) in [6.07, 6.45) is -1.44. The average molecular weight is 500 g/mol. The zero-order valence-corrected chi connectivity index (χ0v) is 20.3. The van der Waals surface area contributed by atoms with Gasteiger partial charge in [0.2, 0.25) is 5.91 Å². The second kappa shape index (κ2) is 9.69. The standard InChI is InChI=1S/C23H29N7O4S/c1-3-7-35-23-26-21(25-15-9-14(15)12-5-4-6-13(8-12)24-11(2)31)18-22(27-23)30(29-28-18)16-10-17(32)20(34)19(16)33/h4-6,8,14-17,19-20,32-34H,3,7,9-10H2,1-2H3,(H,24,31)(H,25,26,27). The summed E-state index contributed by atoms with van der Waals surface area (Å²) in [5, 5.41) is 45.9. The molecule has 1 amide bonds. The summed E-state index contributed by atoms with van der Waals surface area (Å²) in [6, 6.07) is 7.33. The Bertz CT molecular complexity index is 1240. The van der Waals surface area contributed by atoms with Gasteiger partial charge in [-0.15, -0.1) is 5.10 Å². The SMILES string of the molecule is CCCSc1nc(NC2CC2c2cccc(NC(C)=O)c2)c2nnn(C3CC(O)C(O)C3O)c2n1. The van der Waals surface area contributed by atoms with Gasteiger partial charge in [0.05, 0.1) is 12.1 Å².